The number of fused-ring (bicyclic) bond motifs is 1. The summed E-state index contributed by atoms with van der Waals surface area (Å²) in [5, 5.41) is 13.4. The van der Waals surface area contributed by atoms with E-state index in [1.54, 1.807) is 19.3 Å². The van der Waals surface area contributed by atoms with Crippen molar-refractivity contribution in [2.75, 3.05) is 5.32 Å². The minimum absolute atomic E-state index is 0.0616. The Bertz CT molecular complexity index is 1020. The van der Waals surface area contributed by atoms with Crippen molar-refractivity contribution in [1.82, 2.24) is 9.97 Å². The highest BCUT2D eigenvalue weighted by Crippen LogP contribution is 2.43. The summed E-state index contributed by atoms with van der Waals surface area (Å²) < 4.78 is 0. The van der Waals surface area contributed by atoms with E-state index in [9.17, 15) is 9.90 Å². The molecule has 3 aromatic rings. The number of nitrogens with zero attached hydrogens (tertiary/aromatic N) is 1. The van der Waals surface area contributed by atoms with Crippen molar-refractivity contribution >= 4 is 17.2 Å². The van der Waals surface area contributed by atoms with Gasteiger partial charge in [-0.1, -0.05) is 26.0 Å². The number of anilines is 2. The van der Waals surface area contributed by atoms with Gasteiger partial charge in [-0.2, -0.15) is 0 Å². The number of H-pyrrole nitrogens is 1. The lowest BCUT2D eigenvalue weighted by Gasteiger charge is -2.28. The maximum absolute atomic E-state index is 13.0. The van der Waals surface area contributed by atoms with E-state index in [4.69, 9.17) is 0 Å². The molecule has 144 valence electrons. The van der Waals surface area contributed by atoms with Crippen molar-refractivity contribution in [1.29, 1.82) is 0 Å². The van der Waals surface area contributed by atoms with Crippen LogP contribution in [0.2, 0.25) is 0 Å². The highest BCUT2D eigenvalue weighted by atomic mass is 16.3. The van der Waals surface area contributed by atoms with Crippen molar-refractivity contribution in [2.24, 2.45) is 5.41 Å². The largest absolute Gasteiger partial charge is 0.389 e. The second-order valence-electron chi connectivity index (χ2n) is 8.33. The topological polar surface area (TPSA) is 78.0 Å². The van der Waals surface area contributed by atoms with Crippen molar-refractivity contribution in [3.8, 4) is 11.3 Å². The third-order valence-corrected chi connectivity index (χ3v) is 5.26. The lowest BCUT2D eigenvalue weighted by Crippen LogP contribution is -2.26. The zero-order valence-electron chi connectivity index (χ0n) is 16.4. The molecule has 2 heterocycles. The third-order valence-electron chi connectivity index (χ3n) is 5.26. The van der Waals surface area contributed by atoms with Crippen LogP contribution in [0.15, 0.2) is 48.8 Å². The van der Waals surface area contributed by atoms with Crippen LogP contribution in [-0.2, 0) is 6.42 Å². The number of aliphatic hydroxyl groups excluding tert-OH is 1. The van der Waals surface area contributed by atoms with Gasteiger partial charge in [0.15, 0.2) is 5.78 Å². The molecule has 0 radical (unpaired) electrons. The zero-order chi connectivity index (χ0) is 19.9. The predicted molar refractivity (Wildman–Crippen MR) is 111 cm³/mol. The molecule has 0 spiro atoms. The van der Waals surface area contributed by atoms with Crippen LogP contribution in [0, 0.1) is 5.41 Å². The first-order valence-corrected chi connectivity index (χ1v) is 9.57. The van der Waals surface area contributed by atoms with E-state index in [-0.39, 0.29) is 11.2 Å². The number of carbonyl (C=O) groups is 1. The fourth-order valence-electron chi connectivity index (χ4n) is 3.94. The van der Waals surface area contributed by atoms with Gasteiger partial charge in [0.1, 0.15) is 0 Å². The summed E-state index contributed by atoms with van der Waals surface area (Å²) in [7, 11) is 0. The highest BCUT2D eigenvalue weighted by Gasteiger charge is 2.35. The maximum Gasteiger partial charge on any atom is 0.167 e. The molecule has 4 rings (SSSR count). The minimum Gasteiger partial charge on any atom is -0.389 e. The molecule has 0 fully saturated rings. The predicted octanol–water partition coefficient (Wildman–Crippen LogP) is 5.03. The normalized spacial score (nSPS) is 16.5. The Hall–Kier alpha value is -2.92. The summed E-state index contributed by atoms with van der Waals surface area (Å²) >= 11 is 0. The first-order chi connectivity index (χ1) is 13.3. The fourth-order valence-corrected chi connectivity index (χ4v) is 3.94. The van der Waals surface area contributed by atoms with Gasteiger partial charge in [0.05, 0.1) is 23.0 Å². The van der Waals surface area contributed by atoms with Crippen LogP contribution >= 0.6 is 0 Å². The Balaban J connectivity index is 1.84. The number of carbonyl (C=O) groups excluding carboxylic acids is 1. The molecule has 0 aliphatic heterocycles. The van der Waals surface area contributed by atoms with Gasteiger partial charge in [0.25, 0.3) is 0 Å². The number of hydrogen-bond acceptors (Lipinski definition) is 4. The van der Waals surface area contributed by atoms with E-state index in [1.807, 2.05) is 36.4 Å². The van der Waals surface area contributed by atoms with E-state index >= 15 is 0 Å². The molecule has 1 unspecified atom stereocenters. The fraction of sp³-hybridized carbons (Fsp3) is 0.304. The van der Waals surface area contributed by atoms with Gasteiger partial charge in [0.2, 0.25) is 0 Å². The molecule has 5 nitrogen and oxygen atoms in total. The summed E-state index contributed by atoms with van der Waals surface area (Å²) in [5.41, 5.74) is 5.99. The smallest absolute Gasteiger partial charge is 0.167 e. The van der Waals surface area contributed by atoms with Crippen molar-refractivity contribution in [3.05, 3.63) is 65.6 Å². The van der Waals surface area contributed by atoms with E-state index in [2.05, 4.69) is 29.1 Å². The SMILES string of the molecule is CC(O)c1cccc(Nc2c(-c3ccncc3)[nH]c3c2C(=O)CC(C)(C)C3)c1. The first-order valence-electron chi connectivity index (χ1n) is 9.57. The number of hydrogen-bond donors (Lipinski definition) is 3. The number of nitrogens with one attached hydrogen (secondary N) is 2. The number of aliphatic hydroxyl groups is 1. The van der Waals surface area contributed by atoms with E-state index in [0.717, 1.165) is 45.9 Å². The molecule has 1 aliphatic rings. The highest BCUT2D eigenvalue weighted by molar-refractivity contribution is 6.07. The van der Waals surface area contributed by atoms with Crippen LogP contribution in [0.25, 0.3) is 11.3 Å². The standard InChI is InChI=1S/C23H25N3O2/c1-14(27)16-5-4-6-17(11-16)25-22-20-18(12-23(2,3)13-19(20)28)26-21(22)15-7-9-24-10-8-15/h4-11,14,25-27H,12-13H2,1-3H3. The number of pyridine rings is 1. The molecule has 1 aliphatic carbocycles. The Morgan fingerprint density at radius 1 is 1.18 bits per heavy atom. The van der Waals surface area contributed by atoms with Gasteiger partial charge in [-0.25, -0.2) is 0 Å². The summed E-state index contributed by atoms with van der Waals surface area (Å²) in [4.78, 5) is 20.6. The summed E-state index contributed by atoms with van der Waals surface area (Å²) in [6.07, 6.45) is 4.29. The monoisotopic (exact) mass is 375 g/mol. The average molecular weight is 375 g/mol. The lowest BCUT2D eigenvalue weighted by atomic mass is 9.76. The molecule has 3 N–H and O–H groups in total. The summed E-state index contributed by atoms with van der Waals surface area (Å²) in [5.74, 6) is 0.150. The Kier molecular flexibility index (Phi) is 4.55. The third kappa shape index (κ3) is 3.45. The van der Waals surface area contributed by atoms with Gasteiger partial charge in [0, 0.05) is 35.8 Å². The van der Waals surface area contributed by atoms with Crippen molar-refractivity contribution in [3.63, 3.8) is 0 Å². The second kappa shape index (κ2) is 6.91. The molecular weight excluding hydrogens is 350 g/mol. The number of benzene rings is 1. The van der Waals surface area contributed by atoms with Gasteiger partial charge in [-0.15, -0.1) is 0 Å². The molecule has 28 heavy (non-hydrogen) atoms. The molecule has 1 aromatic carbocycles. The zero-order valence-corrected chi connectivity index (χ0v) is 16.4. The number of aromatic nitrogens is 2. The summed E-state index contributed by atoms with van der Waals surface area (Å²) in [6.45, 7) is 5.99. The molecule has 0 saturated carbocycles. The Labute approximate surface area is 164 Å². The van der Waals surface area contributed by atoms with Crippen LogP contribution in [0.4, 0.5) is 11.4 Å². The quantitative estimate of drug-likeness (QED) is 0.598. The number of aromatic amines is 1. The van der Waals surface area contributed by atoms with E-state index < -0.39 is 6.10 Å². The van der Waals surface area contributed by atoms with Crippen LogP contribution in [0.5, 0.6) is 0 Å². The van der Waals surface area contributed by atoms with Gasteiger partial charge in [-0.05, 0) is 48.6 Å². The molecule has 2 aromatic heterocycles. The van der Waals surface area contributed by atoms with Gasteiger partial charge >= 0.3 is 0 Å². The lowest BCUT2D eigenvalue weighted by molar-refractivity contribution is 0.0912. The van der Waals surface area contributed by atoms with Crippen LogP contribution < -0.4 is 5.32 Å². The van der Waals surface area contributed by atoms with Crippen LogP contribution in [0.1, 0.15) is 54.9 Å². The molecule has 1 atom stereocenters. The molecule has 0 amide bonds. The van der Waals surface area contributed by atoms with E-state index in [1.165, 1.54) is 0 Å². The van der Waals surface area contributed by atoms with Gasteiger partial charge < -0.3 is 15.4 Å². The second-order valence-corrected chi connectivity index (χ2v) is 8.33. The number of rotatable bonds is 4. The number of Topliss-reactive ketones (excluding diaryl/α,β-unsaturated/α-hetero) is 1. The van der Waals surface area contributed by atoms with E-state index in [0.29, 0.717) is 6.42 Å². The average Bonchev–Trinajstić information content (AvgIpc) is 2.99. The van der Waals surface area contributed by atoms with Crippen molar-refractivity contribution < 1.29 is 9.90 Å². The molecule has 5 heteroatoms. The molecule has 0 saturated heterocycles. The van der Waals surface area contributed by atoms with Gasteiger partial charge in [-0.3, -0.25) is 9.78 Å². The Morgan fingerprint density at radius 2 is 1.93 bits per heavy atom. The first kappa shape index (κ1) is 18.4. The summed E-state index contributed by atoms with van der Waals surface area (Å²) in [6, 6.07) is 11.5. The number of ketones is 1. The van der Waals surface area contributed by atoms with Crippen LogP contribution in [-0.4, -0.2) is 20.9 Å². The van der Waals surface area contributed by atoms with Crippen molar-refractivity contribution in [2.45, 2.75) is 39.7 Å². The molecular formula is C23H25N3O2. The maximum atomic E-state index is 13.0. The molecule has 0 bridgehead atoms. The van der Waals surface area contributed by atoms with Crippen LogP contribution in [0.3, 0.4) is 0 Å². The minimum atomic E-state index is -0.552. The Morgan fingerprint density at radius 3 is 2.64 bits per heavy atom.